The van der Waals surface area contributed by atoms with E-state index in [1.165, 1.54) is 0 Å². The average Bonchev–Trinajstić information content (AvgIpc) is 2.79. The van der Waals surface area contributed by atoms with Crippen LogP contribution in [0.3, 0.4) is 0 Å². The molecule has 1 saturated heterocycles. The molecule has 1 fully saturated rings. The Balaban J connectivity index is 2.17. The van der Waals surface area contributed by atoms with Crippen molar-refractivity contribution in [3.63, 3.8) is 0 Å². The van der Waals surface area contributed by atoms with Gasteiger partial charge in [0, 0.05) is 6.04 Å². The summed E-state index contributed by atoms with van der Waals surface area (Å²) in [6, 6.07) is 2.13. The number of sulfonamides is 1. The number of nitrogens with zero attached hydrogens (tertiary/aromatic N) is 1. The number of benzene rings is 1. The largest absolute Gasteiger partial charge is 0.320 e. The SMILES string of the molecule is CS(=O)(=O)N(CC(=O)Nc1c(F)cccc1F)C1CCS(=O)(=O)C1. The number of para-hydroxylation sites is 1. The van der Waals surface area contributed by atoms with Crippen LogP contribution in [0, 0.1) is 11.6 Å². The molecule has 1 heterocycles. The number of halogens is 2. The number of hydrogen-bond acceptors (Lipinski definition) is 5. The molecule has 1 aliphatic rings. The highest BCUT2D eigenvalue weighted by Gasteiger charge is 2.37. The Morgan fingerprint density at radius 1 is 1.33 bits per heavy atom. The lowest BCUT2D eigenvalue weighted by Gasteiger charge is -2.25. The summed E-state index contributed by atoms with van der Waals surface area (Å²) in [5, 5.41) is 1.98. The monoisotopic (exact) mass is 382 g/mol. The first-order chi connectivity index (χ1) is 11.0. The number of rotatable bonds is 5. The summed E-state index contributed by atoms with van der Waals surface area (Å²) >= 11 is 0. The van der Waals surface area contributed by atoms with Crippen LogP contribution in [0.15, 0.2) is 18.2 Å². The van der Waals surface area contributed by atoms with E-state index in [2.05, 4.69) is 0 Å². The highest BCUT2D eigenvalue weighted by Crippen LogP contribution is 2.21. The molecule has 7 nitrogen and oxygen atoms in total. The van der Waals surface area contributed by atoms with Gasteiger partial charge >= 0.3 is 0 Å². The predicted molar refractivity (Wildman–Crippen MR) is 83.6 cm³/mol. The quantitative estimate of drug-likeness (QED) is 0.792. The molecule has 1 aromatic carbocycles. The van der Waals surface area contributed by atoms with Crippen LogP contribution < -0.4 is 5.32 Å². The molecule has 0 bridgehead atoms. The van der Waals surface area contributed by atoms with Crippen molar-refractivity contribution in [2.45, 2.75) is 12.5 Å². The Labute approximate surface area is 138 Å². The van der Waals surface area contributed by atoms with E-state index >= 15 is 0 Å². The van der Waals surface area contributed by atoms with Gasteiger partial charge in [0.05, 0.1) is 24.3 Å². The summed E-state index contributed by atoms with van der Waals surface area (Å²) in [6.07, 6.45) is 0.908. The maximum Gasteiger partial charge on any atom is 0.239 e. The summed E-state index contributed by atoms with van der Waals surface area (Å²) in [5.41, 5.74) is -0.685. The lowest BCUT2D eigenvalue weighted by atomic mass is 10.2. The fourth-order valence-electron chi connectivity index (χ4n) is 2.46. The van der Waals surface area contributed by atoms with E-state index in [-0.39, 0.29) is 17.9 Å². The number of anilines is 1. The van der Waals surface area contributed by atoms with E-state index < -0.39 is 55.7 Å². The molecule has 0 spiro atoms. The Morgan fingerprint density at radius 3 is 2.38 bits per heavy atom. The Hall–Kier alpha value is -1.59. The molecule has 1 aliphatic heterocycles. The van der Waals surface area contributed by atoms with Crippen molar-refractivity contribution in [2.24, 2.45) is 0 Å². The number of nitrogens with one attached hydrogen (secondary N) is 1. The van der Waals surface area contributed by atoms with Crippen LogP contribution >= 0.6 is 0 Å². The maximum atomic E-state index is 13.5. The molecule has 1 N–H and O–H groups in total. The normalized spacial score (nSPS) is 20.2. The van der Waals surface area contributed by atoms with Crippen LogP contribution in [-0.4, -0.2) is 57.4 Å². The molecule has 0 aromatic heterocycles. The molecule has 0 radical (unpaired) electrons. The van der Waals surface area contributed by atoms with Crippen molar-refractivity contribution in [3.8, 4) is 0 Å². The number of carbonyl (C=O) groups excluding carboxylic acids is 1. The Kier molecular flexibility index (Phi) is 5.25. The van der Waals surface area contributed by atoms with Crippen LogP contribution in [0.5, 0.6) is 0 Å². The molecule has 1 unspecified atom stereocenters. The van der Waals surface area contributed by atoms with E-state index in [4.69, 9.17) is 0 Å². The number of hydrogen-bond donors (Lipinski definition) is 1. The lowest BCUT2D eigenvalue weighted by molar-refractivity contribution is -0.116. The van der Waals surface area contributed by atoms with Crippen molar-refractivity contribution in [2.75, 3.05) is 29.6 Å². The fraction of sp³-hybridized carbons (Fsp3) is 0.462. The van der Waals surface area contributed by atoms with Crippen LogP contribution in [0.2, 0.25) is 0 Å². The second kappa shape index (κ2) is 6.73. The molecular weight excluding hydrogens is 366 g/mol. The third-order valence-corrected chi connectivity index (χ3v) is 6.60. The third-order valence-electron chi connectivity index (χ3n) is 3.57. The van der Waals surface area contributed by atoms with Crippen molar-refractivity contribution in [1.82, 2.24) is 4.31 Å². The van der Waals surface area contributed by atoms with E-state index in [9.17, 15) is 30.4 Å². The lowest BCUT2D eigenvalue weighted by Crippen LogP contribution is -2.45. The smallest absolute Gasteiger partial charge is 0.239 e. The number of sulfone groups is 1. The third kappa shape index (κ3) is 4.48. The number of carbonyl (C=O) groups is 1. The second-order valence-electron chi connectivity index (χ2n) is 5.51. The first-order valence-electron chi connectivity index (χ1n) is 6.91. The van der Waals surface area contributed by atoms with E-state index in [0.29, 0.717) is 0 Å². The summed E-state index contributed by atoms with van der Waals surface area (Å²) in [4.78, 5) is 12.0. The highest BCUT2D eigenvalue weighted by atomic mass is 32.2. The predicted octanol–water partition coefficient (Wildman–Crippen LogP) is 0.352. The summed E-state index contributed by atoms with van der Waals surface area (Å²) < 4.78 is 74.5. The van der Waals surface area contributed by atoms with Gasteiger partial charge in [0.1, 0.15) is 17.3 Å². The van der Waals surface area contributed by atoms with Crippen LogP contribution in [0.1, 0.15) is 6.42 Å². The van der Waals surface area contributed by atoms with Crippen LogP contribution in [-0.2, 0) is 24.7 Å². The van der Waals surface area contributed by atoms with Crippen LogP contribution in [0.25, 0.3) is 0 Å². The van der Waals surface area contributed by atoms with E-state index in [0.717, 1.165) is 28.8 Å². The molecule has 11 heteroatoms. The molecular formula is C13H16F2N2O5S2. The zero-order chi connectivity index (χ0) is 18.1. The van der Waals surface area contributed by atoms with Crippen molar-refractivity contribution < 1.29 is 30.4 Å². The van der Waals surface area contributed by atoms with E-state index in [1.807, 2.05) is 5.32 Å². The van der Waals surface area contributed by atoms with E-state index in [1.54, 1.807) is 0 Å². The standard InChI is InChI=1S/C13H16F2N2O5S2/c1-23(19,20)17(9-5-6-24(21,22)8-9)7-12(18)16-13-10(14)3-2-4-11(13)15/h2-4,9H,5-8H2,1H3,(H,16,18). The minimum atomic E-state index is -3.89. The maximum absolute atomic E-state index is 13.5. The molecule has 1 atom stereocenters. The van der Waals surface area contributed by atoms with Gasteiger partial charge in [-0.2, -0.15) is 4.31 Å². The average molecular weight is 382 g/mol. The molecule has 134 valence electrons. The molecule has 0 aliphatic carbocycles. The summed E-state index contributed by atoms with van der Waals surface area (Å²) in [5.74, 6) is -3.53. The van der Waals surface area contributed by atoms with Gasteiger partial charge in [-0.05, 0) is 18.6 Å². The minimum absolute atomic E-state index is 0.0662. The first-order valence-corrected chi connectivity index (χ1v) is 10.6. The Morgan fingerprint density at radius 2 is 1.92 bits per heavy atom. The zero-order valence-corrected chi connectivity index (χ0v) is 14.3. The van der Waals surface area contributed by atoms with Gasteiger partial charge < -0.3 is 5.32 Å². The molecule has 0 saturated carbocycles. The van der Waals surface area contributed by atoms with Crippen molar-refractivity contribution in [3.05, 3.63) is 29.8 Å². The van der Waals surface area contributed by atoms with Crippen molar-refractivity contribution in [1.29, 1.82) is 0 Å². The minimum Gasteiger partial charge on any atom is -0.320 e. The summed E-state index contributed by atoms with van der Waals surface area (Å²) in [6.45, 7) is -0.729. The van der Waals surface area contributed by atoms with Gasteiger partial charge in [0.25, 0.3) is 0 Å². The summed E-state index contributed by atoms with van der Waals surface area (Å²) in [7, 11) is -7.25. The van der Waals surface area contributed by atoms with Gasteiger partial charge in [-0.15, -0.1) is 0 Å². The molecule has 1 aromatic rings. The molecule has 24 heavy (non-hydrogen) atoms. The van der Waals surface area contributed by atoms with Gasteiger partial charge in [-0.1, -0.05) is 6.07 Å². The molecule has 1 amide bonds. The highest BCUT2D eigenvalue weighted by molar-refractivity contribution is 7.92. The van der Waals surface area contributed by atoms with Gasteiger partial charge in [-0.25, -0.2) is 25.6 Å². The number of amides is 1. The van der Waals surface area contributed by atoms with Gasteiger partial charge in [0.15, 0.2) is 9.84 Å². The fourth-order valence-corrected chi connectivity index (χ4v) is 5.36. The Bertz CT molecular complexity index is 835. The topological polar surface area (TPSA) is 101 Å². The van der Waals surface area contributed by atoms with Crippen molar-refractivity contribution >= 4 is 31.5 Å². The van der Waals surface area contributed by atoms with Gasteiger partial charge in [-0.3, -0.25) is 4.79 Å². The second-order valence-corrected chi connectivity index (χ2v) is 9.67. The van der Waals surface area contributed by atoms with Gasteiger partial charge in [0.2, 0.25) is 15.9 Å². The zero-order valence-electron chi connectivity index (χ0n) is 12.7. The molecule has 2 rings (SSSR count). The van der Waals surface area contributed by atoms with Crippen LogP contribution in [0.4, 0.5) is 14.5 Å². The first kappa shape index (κ1) is 18.7.